The average molecular weight is 479 g/mol. The van der Waals surface area contributed by atoms with Crippen molar-refractivity contribution in [1.82, 2.24) is 0 Å². The quantitative estimate of drug-likeness (QED) is 0.371. The van der Waals surface area contributed by atoms with Crippen LogP contribution < -0.4 is 15.0 Å². The molecule has 1 heterocycles. The molecule has 0 spiro atoms. The van der Waals surface area contributed by atoms with Crippen LogP contribution in [0.15, 0.2) is 77.7 Å². The second-order valence-electron chi connectivity index (χ2n) is 7.27. The first kappa shape index (κ1) is 22.7. The highest BCUT2D eigenvalue weighted by molar-refractivity contribution is 8.27. The molecule has 1 aliphatic rings. The van der Waals surface area contributed by atoms with Gasteiger partial charge in [-0.1, -0.05) is 54.3 Å². The molecule has 1 N–H and O–H groups in total. The molecule has 1 saturated heterocycles. The van der Waals surface area contributed by atoms with Crippen molar-refractivity contribution in [3.05, 3.63) is 94.6 Å². The molecule has 8 heteroatoms. The van der Waals surface area contributed by atoms with E-state index in [9.17, 15) is 14.0 Å². The largest absolute Gasteiger partial charge is 0.484 e. The Labute approximate surface area is 200 Å². The molecule has 0 aromatic heterocycles. The lowest BCUT2D eigenvalue weighted by Crippen LogP contribution is -2.27. The molecule has 3 aromatic carbocycles. The molecule has 0 saturated carbocycles. The Hall–Kier alpha value is -3.49. The highest BCUT2D eigenvalue weighted by Gasteiger charge is 2.33. The second-order valence-corrected chi connectivity index (χ2v) is 8.95. The van der Waals surface area contributed by atoms with Crippen LogP contribution in [0.5, 0.6) is 5.75 Å². The van der Waals surface area contributed by atoms with E-state index in [1.807, 2.05) is 31.2 Å². The van der Waals surface area contributed by atoms with E-state index in [-0.39, 0.29) is 18.4 Å². The number of thioether (sulfide) groups is 1. The third-order valence-electron chi connectivity index (χ3n) is 4.71. The number of thiocarbonyl (C=S) groups is 1. The summed E-state index contributed by atoms with van der Waals surface area (Å²) in [5, 5.41) is 2.79. The summed E-state index contributed by atoms with van der Waals surface area (Å²) in [5.41, 5.74) is 2.94. The van der Waals surface area contributed by atoms with Gasteiger partial charge in [-0.3, -0.25) is 14.5 Å². The SMILES string of the molecule is Cc1cccc(NC(=O)COc2ccc(/C=C3\SC(=S)N(c4cccc(F)c4)C3=O)cc2)c1. The molecule has 0 unspecified atom stereocenters. The van der Waals surface area contributed by atoms with Crippen molar-refractivity contribution >= 4 is 57.6 Å². The zero-order valence-electron chi connectivity index (χ0n) is 17.6. The fraction of sp³-hybridized carbons (Fsp3) is 0.0800. The molecule has 0 radical (unpaired) electrons. The first-order valence-corrected chi connectivity index (χ1v) is 11.2. The predicted molar refractivity (Wildman–Crippen MR) is 134 cm³/mol. The van der Waals surface area contributed by atoms with Crippen LogP contribution in [-0.4, -0.2) is 22.7 Å². The fourth-order valence-electron chi connectivity index (χ4n) is 3.19. The minimum Gasteiger partial charge on any atom is -0.484 e. The number of nitrogens with zero attached hydrogens (tertiary/aromatic N) is 1. The van der Waals surface area contributed by atoms with Gasteiger partial charge >= 0.3 is 0 Å². The highest BCUT2D eigenvalue weighted by atomic mass is 32.2. The number of amides is 2. The summed E-state index contributed by atoms with van der Waals surface area (Å²) in [5.74, 6) is -0.470. The predicted octanol–water partition coefficient (Wildman–Crippen LogP) is 5.56. The summed E-state index contributed by atoms with van der Waals surface area (Å²) in [6.45, 7) is 1.83. The Morgan fingerprint density at radius 1 is 1.12 bits per heavy atom. The summed E-state index contributed by atoms with van der Waals surface area (Å²) in [7, 11) is 0. The van der Waals surface area contributed by atoms with E-state index in [0.717, 1.165) is 28.6 Å². The Kier molecular flexibility index (Phi) is 6.86. The van der Waals surface area contributed by atoms with Gasteiger partial charge in [0.2, 0.25) is 0 Å². The molecule has 4 rings (SSSR count). The number of hydrogen-bond donors (Lipinski definition) is 1. The third kappa shape index (κ3) is 5.66. The van der Waals surface area contributed by atoms with Gasteiger partial charge in [0.05, 0.1) is 10.6 Å². The zero-order chi connectivity index (χ0) is 23.4. The summed E-state index contributed by atoms with van der Waals surface area (Å²) in [4.78, 5) is 26.7. The lowest BCUT2D eigenvalue weighted by atomic mass is 10.2. The highest BCUT2D eigenvalue weighted by Crippen LogP contribution is 2.36. The number of rotatable bonds is 6. The lowest BCUT2D eigenvalue weighted by molar-refractivity contribution is -0.118. The smallest absolute Gasteiger partial charge is 0.270 e. The van der Waals surface area contributed by atoms with Crippen molar-refractivity contribution in [2.75, 3.05) is 16.8 Å². The Morgan fingerprint density at radius 3 is 2.61 bits per heavy atom. The number of carbonyl (C=O) groups is 2. The van der Waals surface area contributed by atoms with Gasteiger partial charge < -0.3 is 10.1 Å². The number of aryl methyl sites for hydroxylation is 1. The summed E-state index contributed by atoms with van der Waals surface area (Å²) in [6, 6.07) is 20.3. The van der Waals surface area contributed by atoms with E-state index < -0.39 is 5.82 Å². The van der Waals surface area contributed by atoms with Gasteiger partial charge in [-0.15, -0.1) is 0 Å². The minimum atomic E-state index is -0.436. The minimum absolute atomic E-state index is 0.125. The summed E-state index contributed by atoms with van der Waals surface area (Å²) >= 11 is 6.48. The maximum Gasteiger partial charge on any atom is 0.270 e. The van der Waals surface area contributed by atoms with Crippen molar-refractivity contribution in [3.8, 4) is 5.75 Å². The maximum atomic E-state index is 13.6. The van der Waals surface area contributed by atoms with E-state index >= 15 is 0 Å². The molecular weight excluding hydrogens is 459 g/mol. The van der Waals surface area contributed by atoms with Gasteiger partial charge in [0.1, 0.15) is 11.6 Å². The zero-order valence-corrected chi connectivity index (χ0v) is 19.2. The standard InChI is InChI=1S/C25H19FN2O3S2/c1-16-4-2-6-19(12-16)27-23(29)15-31-21-10-8-17(9-11-21)13-22-24(30)28(25(32)33-22)20-7-3-5-18(26)14-20/h2-14H,15H2,1H3,(H,27,29)/b22-13-. The molecule has 0 aliphatic carbocycles. The third-order valence-corrected chi connectivity index (χ3v) is 6.01. The van der Waals surface area contributed by atoms with Crippen LogP contribution in [0.1, 0.15) is 11.1 Å². The van der Waals surface area contributed by atoms with Crippen molar-refractivity contribution in [2.45, 2.75) is 6.92 Å². The number of nitrogens with one attached hydrogen (secondary N) is 1. The molecule has 1 aliphatic heterocycles. The van der Waals surface area contributed by atoms with E-state index in [4.69, 9.17) is 17.0 Å². The second kappa shape index (κ2) is 9.97. The van der Waals surface area contributed by atoms with Crippen LogP contribution in [0.4, 0.5) is 15.8 Å². The molecular formula is C25H19FN2O3S2. The normalized spacial score (nSPS) is 14.6. The van der Waals surface area contributed by atoms with Gasteiger partial charge in [-0.2, -0.15) is 0 Å². The monoisotopic (exact) mass is 478 g/mol. The van der Waals surface area contributed by atoms with Crippen LogP contribution >= 0.6 is 24.0 Å². The Morgan fingerprint density at radius 2 is 1.88 bits per heavy atom. The van der Waals surface area contributed by atoms with Gasteiger partial charge in [-0.05, 0) is 66.6 Å². The van der Waals surface area contributed by atoms with Crippen molar-refractivity contribution in [2.24, 2.45) is 0 Å². The topological polar surface area (TPSA) is 58.6 Å². The molecule has 166 valence electrons. The number of hydrogen-bond acceptors (Lipinski definition) is 5. The van der Waals surface area contributed by atoms with Crippen LogP contribution in [0.2, 0.25) is 0 Å². The van der Waals surface area contributed by atoms with Crippen molar-refractivity contribution in [1.29, 1.82) is 0 Å². The van der Waals surface area contributed by atoms with Crippen LogP contribution in [0.25, 0.3) is 6.08 Å². The van der Waals surface area contributed by atoms with E-state index in [2.05, 4.69) is 5.32 Å². The average Bonchev–Trinajstić information content (AvgIpc) is 3.06. The molecule has 3 aromatic rings. The summed E-state index contributed by atoms with van der Waals surface area (Å²) < 4.78 is 19.4. The lowest BCUT2D eigenvalue weighted by Gasteiger charge is -2.14. The van der Waals surface area contributed by atoms with Crippen LogP contribution in [0, 0.1) is 12.7 Å². The van der Waals surface area contributed by atoms with Crippen LogP contribution in [0.3, 0.4) is 0 Å². The van der Waals surface area contributed by atoms with Gasteiger partial charge in [0.25, 0.3) is 11.8 Å². The van der Waals surface area contributed by atoms with Crippen molar-refractivity contribution < 1.29 is 18.7 Å². The first-order valence-electron chi connectivity index (χ1n) is 10.0. The van der Waals surface area contributed by atoms with Crippen molar-refractivity contribution in [3.63, 3.8) is 0 Å². The number of halogens is 1. The summed E-state index contributed by atoms with van der Waals surface area (Å²) in [6.07, 6.45) is 1.72. The number of ether oxygens (including phenoxy) is 1. The van der Waals surface area contributed by atoms with Gasteiger partial charge in [0.15, 0.2) is 10.9 Å². The molecule has 33 heavy (non-hydrogen) atoms. The first-order chi connectivity index (χ1) is 15.9. The molecule has 0 atom stereocenters. The maximum absolute atomic E-state index is 13.6. The molecule has 0 bridgehead atoms. The Bertz CT molecular complexity index is 1260. The molecule has 1 fully saturated rings. The van der Waals surface area contributed by atoms with E-state index in [0.29, 0.717) is 20.7 Å². The number of benzene rings is 3. The van der Waals surface area contributed by atoms with Gasteiger partial charge in [-0.25, -0.2) is 4.39 Å². The Balaban J connectivity index is 1.37. The van der Waals surface area contributed by atoms with Gasteiger partial charge in [0, 0.05) is 5.69 Å². The number of anilines is 2. The van der Waals surface area contributed by atoms with E-state index in [1.165, 1.54) is 23.1 Å². The van der Waals surface area contributed by atoms with E-state index in [1.54, 1.807) is 36.4 Å². The molecule has 5 nitrogen and oxygen atoms in total. The number of carbonyl (C=O) groups excluding carboxylic acids is 2. The fourth-order valence-corrected chi connectivity index (χ4v) is 4.48. The van der Waals surface area contributed by atoms with Crippen LogP contribution in [-0.2, 0) is 9.59 Å². The molecule has 2 amide bonds.